The molecule has 0 saturated heterocycles. The fourth-order valence-electron chi connectivity index (χ4n) is 1.34. The van der Waals surface area contributed by atoms with Gasteiger partial charge in [-0.15, -0.1) is 10.2 Å². The molecular formula is C10H9Cl2N5O. The SMILES string of the molecule is O=C(Cc1ccc(Cl)cc1Cl)NCc1nn[nH]n1. The fourth-order valence-corrected chi connectivity index (χ4v) is 1.81. The van der Waals surface area contributed by atoms with Gasteiger partial charge in [0.15, 0.2) is 5.82 Å². The third-order valence-electron chi connectivity index (χ3n) is 2.20. The summed E-state index contributed by atoms with van der Waals surface area (Å²) in [6, 6.07) is 5.01. The Balaban J connectivity index is 1.91. The summed E-state index contributed by atoms with van der Waals surface area (Å²) in [5.41, 5.74) is 0.715. The molecule has 8 heteroatoms. The zero-order valence-corrected chi connectivity index (χ0v) is 10.7. The van der Waals surface area contributed by atoms with Crippen molar-refractivity contribution < 1.29 is 4.79 Å². The minimum atomic E-state index is -0.177. The summed E-state index contributed by atoms with van der Waals surface area (Å²) >= 11 is 11.7. The molecule has 1 aromatic heterocycles. The number of aromatic amines is 1. The van der Waals surface area contributed by atoms with Crippen LogP contribution in [0.15, 0.2) is 18.2 Å². The molecule has 94 valence electrons. The molecule has 1 aromatic carbocycles. The monoisotopic (exact) mass is 285 g/mol. The lowest BCUT2D eigenvalue weighted by Crippen LogP contribution is -2.25. The van der Waals surface area contributed by atoms with Crippen molar-refractivity contribution >= 4 is 29.1 Å². The predicted molar refractivity (Wildman–Crippen MR) is 66.2 cm³/mol. The highest BCUT2D eigenvalue weighted by molar-refractivity contribution is 6.35. The van der Waals surface area contributed by atoms with Crippen LogP contribution < -0.4 is 5.32 Å². The number of amides is 1. The van der Waals surface area contributed by atoms with Crippen LogP contribution in [-0.4, -0.2) is 26.5 Å². The van der Waals surface area contributed by atoms with E-state index in [1.165, 1.54) is 0 Å². The molecule has 0 aliphatic heterocycles. The topological polar surface area (TPSA) is 83.6 Å². The maximum atomic E-state index is 11.7. The molecule has 0 aliphatic carbocycles. The number of hydrogen-bond donors (Lipinski definition) is 2. The second kappa shape index (κ2) is 5.79. The van der Waals surface area contributed by atoms with E-state index in [0.717, 1.165) is 0 Å². The summed E-state index contributed by atoms with van der Waals surface area (Å²) in [6.45, 7) is 0.223. The van der Waals surface area contributed by atoms with Crippen LogP contribution in [-0.2, 0) is 17.8 Å². The summed E-state index contributed by atoms with van der Waals surface area (Å²) in [6.07, 6.45) is 0.174. The number of rotatable bonds is 4. The Morgan fingerprint density at radius 1 is 1.39 bits per heavy atom. The van der Waals surface area contributed by atoms with Gasteiger partial charge in [-0.25, -0.2) is 0 Å². The number of nitrogens with one attached hydrogen (secondary N) is 2. The third kappa shape index (κ3) is 3.41. The first-order valence-corrected chi connectivity index (χ1v) is 5.83. The van der Waals surface area contributed by atoms with Gasteiger partial charge in [0.25, 0.3) is 0 Å². The molecule has 2 rings (SSSR count). The summed E-state index contributed by atoms with van der Waals surface area (Å²) < 4.78 is 0. The van der Waals surface area contributed by atoms with Gasteiger partial charge in [-0.05, 0) is 17.7 Å². The van der Waals surface area contributed by atoms with Crippen molar-refractivity contribution in [3.8, 4) is 0 Å². The Labute approximate surface area is 113 Å². The smallest absolute Gasteiger partial charge is 0.224 e. The lowest BCUT2D eigenvalue weighted by atomic mass is 10.1. The van der Waals surface area contributed by atoms with Gasteiger partial charge < -0.3 is 5.32 Å². The standard InChI is InChI=1S/C10H9Cl2N5O/c11-7-2-1-6(8(12)4-7)3-10(18)13-5-9-14-16-17-15-9/h1-2,4H,3,5H2,(H,13,18)(H,14,15,16,17). The van der Waals surface area contributed by atoms with Gasteiger partial charge in [-0.2, -0.15) is 5.21 Å². The van der Waals surface area contributed by atoms with Crippen molar-refractivity contribution in [3.05, 3.63) is 39.6 Å². The number of H-pyrrole nitrogens is 1. The van der Waals surface area contributed by atoms with Gasteiger partial charge in [0.05, 0.1) is 13.0 Å². The average molecular weight is 286 g/mol. The molecular weight excluding hydrogens is 277 g/mol. The molecule has 2 N–H and O–H groups in total. The Morgan fingerprint density at radius 2 is 2.22 bits per heavy atom. The van der Waals surface area contributed by atoms with Crippen molar-refractivity contribution in [2.45, 2.75) is 13.0 Å². The van der Waals surface area contributed by atoms with Crippen molar-refractivity contribution in [2.24, 2.45) is 0 Å². The van der Waals surface area contributed by atoms with E-state index in [0.29, 0.717) is 21.4 Å². The fraction of sp³-hybridized carbons (Fsp3) is 0.200. The lowest BCUT2D eigenvalue weighted by Gasteiger charge is -2.05. The highest BCUT2D eigenvalue weighted by Crippen LogP contribution is 2.21. The number of benzene rings is 1. The minimum Gasteiger partial charge on any atom is -0.348 e. The third-order valence-corrected chi connectivity index (χ3v) is 2.79. The molecule has 6 nitrogen and oxygen atoms in total. The van der Waals surface area contributed by atoms with Crippen LogP contribution in [0.1, 0.15) is 11.4 Å². The summed E-state index contributed by atoms with van der Waals surface area (Å²) in [7, 11) is 0. The summed E-state index contributed by atoms with van der Waals surface area (Å²) in [4.78, 5) is 11.7. The number of halogens is 2. The Bertz CT molecular complexity index is 543. The van der Waals surface area contributed by atoms with E-state index >= 15 is 0 Å². The van der Waals surface area contributed by atoms with Gasteiger partial charge >= 0.3 is 0 Å². The van der Waals surface area contributed by atoms with Crippen LogP contribution in [0.5, 0.6) is 0 Å². The number of carbonyl (C=O) groups is 1. The second-order valence-corrected chi connectivity index (χ2v) is 4.36. The molecule has 18 heavy (non-hydrogen) atoms. The van der Waals surface area contributed by atoms with Crippen molar-refractivity contribution in [2.75, 3.05) is 0 Å². The van der Waals surface area contributed by atoms with Crippen LogP contribution in [0.4, 0.5) is 0 Å². The van der Waals surface area contributed by atoms with E-state index in [1.807, 2.05) is 0 Å². The first-order chi connectivity index (χ1) is 8.65. The van der Waals surface area contributed by atoms with Gasteiger partial charge in [-0.3, -0.25) is 4.79 Å². The molecule has 0 bridgehead atoms. The van der Waals surface area contributed by atoms with Crippen LogP contribution in [0, 0.1) is 0 Å². The van der Waals surface area contributed by atoms with E-state index in [1.54, 1.807) is 18.2 Å². The maximum Gasteiger partial charge on any atom is 0.224 e. The molecule has 1 amide bonds. The molecule has 0 fully saturated rings. The summed E-state index contributed by atoms with van der Waals surface area (Å²) in [5, 5.41) is 16.8. The van der Waals surface area contributed by atoms with Crippen molar-refractivity contribution in [1.82, 2.24) is 25.9 Å². The van der Waals surface area contributed by atoms with Gasteiger partial charge in [0, 0.05) is 10.0 Å². The highest BCUT2D eigenvalue weighted by Gasteiger charge is 2.08. The van der Waals surface area contributed by atoms with Gasteiger partial charge in [0.2, 0.25) is 5.91 Å². The van der Waals surface area contributed by atoms with Gasteiger partial charge in [-0.1, -0.05) is 34.5 Å². The number of tetrazole rings is 1. The van der Waals surface area contributed by atoms with Crippen LogP contribution in [0.2, 0.25) is 10.0 Å². The van der Waals surface area contributed by atoms with E-state index in [-0.39, 0.29) is 18.9 Å². The highest BCUT2D eigenvalue weighted by atomic mass is 35.5. The molecule has 0 spiro atoms. The molecule has 0 atom stereocenters. The zero-order chi connectivity index (χ0) is 13.0. The Morgan fingerprint density at radius 3 is 2.89 bits per heavy atom. The second-order valence-electron chi connectivity index (χ2n) is 3.52. The van der Waals surface area contributed by atoms with E-state index in [2.05, 4.69) is 25.9 Å². The Hall–Kier alpha value is -1.66. The first-order valence-electron chi connectivity index (χ1n) is 5.08. The van der Waals surface area contributed by atoms with Crippen molar-refractivity contribution in [3.63, 3.8) is 0 Å². The quantitative estimate of drug-likeness (QED) is 0.889. The lowest BCUT2D eigenvalue weighted by molar-refractivity contribution is -0.120. The summed E-state index contributed by atoms with van der Waals surface area (Å²) in [5.74, 6) is 0.245. The molecule has 0 radical (unpaired) electrons. The Kier molecular flexibility index (Phi) is 4.11. The van der Waals surface area contributed by atoms with Gasteiger partial charge in [0.1, 0.15) is 0 Å². The zero-order valence-electron chi connectivity index (χ0n) is 9.15. The van der Waals surface area contributed by atoms with E-state index < -0.39 is 0 Å². The van der Waals surface area contributed by atoms with Crippen LogP contribution >= 0.6 is 23.2 Å². The average Bonchev–Trinajstić information content (AvgIpc) is 2.83. The molecule has 2 aromatic rings. The number of aromatic nitrogens is 4. The first kappa shape index (κ1) is 12.8. The maximum absolute atomic E-state index is 11.7. The normalized spacial score (nSPS) is 10.3. The predicted octanol–water partition coefficient (Wildman–Crippen LogP) is 1.37. The molecule has 0 unspecified atom stereocenters. The van der Waals surface area contributed by atoms with Crippen LogP contribution in [0.25, 0.3) is 0 Å². The molecule has 0 saturated carbocycles. The minimum absolute atomic E-state index is 0.174. The van der Waals surface area contributed by atoms with E-state index in [9.17, 15) is 4.79 Å². The van der Waals surface area contributed by atoms with E-state index in [4.69, 9.17) is 23.2 Å². The molecule has 1 heterocycles. The molecule has 0 aliphatic rings. The van der Waals surface area contributed by atoms with Crippen LogP contribution in [0.3, 0.4) is 0 Å². The number of nitrogens with zero attached hydrogens (tertiary/aromatic N) is 3. The largest absolute Gasteiger partial charge is 0.348 e. The number of hydrogen-bond acceptors (Lipinski definition) is 4. The number of carbonyl (C=O) groups excluding carboxylic acids is 1. The van der Waals surface area contributed by atoms with Crippen molar-refractivity contribution in [1.29, 1.82) is 0 Å².